The summed E-state index contributed by atoms with van der Waals surface area (Å²) >= 11 is 1.79. The summed E-state index contributed by atoms with van der Waals surface area (Å²) in [6.45, 7) is 9.57. The molecule has 0 aliphatic carbocycles. The summed E-state index contributed by atoms with van der Waals surface area (Å²) in [7, 11) is 4.34. The molecule has 0 saturated carbocycles. The minimum absolute atomic E-state index is 0.503. The largest absolute Gasteiger partial charge is 0.346 e. The van der Waals surface area contributed by atoms with Crippen LogP contribution in [0.5, 0.6) is 0 Å². The van der Waals surface area contributed by atoms with E-state index in [1.807, 2.05) is 0 Å². The lowest BCUT2D eigenvalue weighted by Crippen LogP contribution is -2.34. The lowest BCUT2D eigenvalue weighted by molar-refractivity contribution is 0.266. The van der Waals surface area contributed by atoms with E-state index in [0.29, 0.717) is 24.4 Å². The Morgan fingerprint density at radius 3 is 2.65 bits per heavy atom. The van der Waals surface area contributed by atoms with Gasteiger partial charge in [0.2, 0.25) is 0 Å². The maximum Gasteiger partial charge on any atom is 0.185 e. The van der Waals surface area contributed by atoms with E-state index < -0.39 is 0 Å². The van der Waals surface area contributed by atoms with Crippen LogP contribution in [0, 0.1) is 5.92 Å². The Bertz CT molecular complexity index is 443. The lowest BCUT2D eigenvalue weighted by Gasteiger charge is -2.22. The first-order valence-electron chi connectivity index (χ1n) is 7.58. The van der Waals surface area contributed by atoms with Crippen LogP contribution in [0.25, 0.3) is 0 Å². The van der Waals surface area contributed by atoms with E-state index in [0.717, 1.165) is 24.6 Å². The summed E-state index contributed by atoms with van der Waals surface area (Å²) < 4.78 is 0. The van der Waals surface area contributed by atoms with E-state index in [1.54, 1.807) is 11.3 Å². The second-order valence-electron chi connectivity index (χ2n) is 6.23. The fraction of sp³-hybridized carbons (Fsp3) is 0.800. The molecule has 1 aromatic rings. The van der Waals surface area contributed by atoms with Gasteiger partial charge in [0.25, 0.3) is 0 Å². The third-order valence-electron chi connectivity index (χ3n) is 4.49. The topological polar surface area (TPSA) is 45.4 Å². The molecule has 1 aromatic heterocycles. The molecule has 3 unspecified atom stereocenters. The lowest BCUT2D eigenvalue weighted by atomic mass is 10.0. The summed E-state index contributed by atoms with van der Waals surface area (Å²) in [4.78, 5) is 10.9. The summed E-state index contributed by atoms with van der Waals surface area (Å²) in [6.07, 6.45) is 1.12. The molecule has 2 rings (SSSR count). The van der Waals surface area contributed by atoms with E-state index in [2.05, 4.69) is 44.7 Å². The summed E-state index contributed by atoms with van der Waals surface area (Å²) in [6, 6.07) is 0.618. The summed E-state index contributed by atoms with van der Waals surface area (Å²) in [5, 5.41) is 1.16. The monoisotopic (exact) mass is 296 g/mol. The van der Waals surface area contributed by atoms with Gasteiger partial charge < -0.3 is 15.5 Å². The zero-order valence-corrected chi connectivity index (χ0v) is 14.2. The zero-order chi connectivity index (χ0) is 14.9. The Labute approximate surface area is 127 Å². The van der Waals surface area contributed by atoms with Crippen LogP contribution in [0.2, 0.25) is 0 Å². The van der Waals surface area contributed by atoms with Gasteiger partial charge in [-0.15, -0.1) is 11.3 Å². The fourth-order valence-electron chi connectivity index (χ4n) is 2.99. The first kappa shape index (κ1) is 15.7. The standard InChI is InChI=1S/C15H28N4S/c1-6-10(2)14-13(7-16)20-15(17-14)19-8-11(3)12(9-19)18(4)5/h10-12H,6-9,16H2,1-5H3. The van der Waals surface area contributed by atoms with Crippen LogP contribution in [0.4, 0.5) is 5.13 Å². The minimum Gasteiger partial charge on any atom is -0.346 e. The van der Waals surface area contributed by atoms with Gasteiger partial charge in [-0.1, -0.05) is 20.8 Å². The number of anilines is 1. The van der Waals surface area contributed by atoms with Crippen LogP contribution in [0.15, 0.2) is 0 Å². The second kappa shape index (κ2) is 6.41. The third-order valence-corrected chi connectivity index (χ3v) is 5.64. The van der Waals surface area contributed by atoms with Crippen LogP contribution >= 0.6 is 11.3 Å². The number of thiazole rings is 1. The number of aromatic nitrogens is 1. The van der Waals surface area contributed by atoms with Crippen molar-refractivity contribution in [2.24, 2.45) is 11.7 Å². The molecule has 1 fully saturated rings. The van der Waals surface area contributed by atoms with Crippen LogP contribution in [0.3, 0.4) is 0 Å². The van der Waals surface area contributed by atoms with Gasteiger partial charge in [0.05, 0.1) is 5.69 Å². The average Bonchev–Trinajstić information content (AvgIpc) is 3.00. The minimum atomic E-state index is 0.503. The van der Waals surface area contributed by atoms with Gasteiger partial charge in [0, 0.05) is 30.6 Å². The zero-order valence-electron chi connectivity index (χ0n) is 13.4. The van der Waals surface area contributed by atoms with Crippen molar-refractivity contribution in [3.8, 4) is 0 Å². The molecule has 4 nitrogen and oxygen atoms in total. The van der Waals surface area contributed by atoms with Gasteiger partial charge in [-0.3, -0.25) is 0 Å². The predicted octanol–water partition coefficient (Wildman–Crippen LogP) is 2.50. The SMILES string of the molecule is CCC(C)c1nc(N2CC(C)C(N(C)C)C2)sc1CN. The van der Waals surface area contributed by atoms with Crippen molar-refractivity contribution in [2.75, 3.05) is 32.1 Å². The summed E-state index contributed by atoms with van der Waals surface area (Å²) in [5.41, 5.74) is 7.12. The van der Waals surface area contributed by atoms with Gasteiger partial charge >= 0.3 is 0 Å². The fourth-order valence-corrected chi connectivity index (χ4v) is 4.07. The van der Waals surface area contributed by atoms with E-state index in [9.17, 15) is 0 Å². The van der Waals surface area contributed by atoms with Crippen molar-refractivity contribution in [2.45, 2.75) is 45.7 Å². The number of rotatable bonds is 5. The number of hydrogen-bond acceptors (Lipinski definition) is 5. The van der Waals surface area contributed by atoms with E-state index in [4.69, 9.17) is 10.7 Å². The number of nitrogens with zero attached hydrogens (tertiary/aromatic N) is 3. The van der Waals surface area contributed by atoms with Gasteiger partial charge in [0.1, 0.15) is 0 Å². The van der Waals surface area contributed by atoms with E-state index in [1.165, 1.54) is 10.6 Å². The number of nitrogens with two attached hydrogens (primary N) is 1. The molecule has 0 spiro atoms. The quantitative estimate of drug-likeness (QED) is 0.907. The normalized spacial score (nSPS) is 24.6. The molecule has 0 radical (unpaired) electrons. The van der Waals surface area contributed by atoms with Crippen molar-refractivity contribution >= 4 is 16.5 Å². The highest BCUT2D eigenvalue weighted by molar-refractivity contribution is 7.15. The molecule has 0 aromatic carbocycles. The van der Waals surface area contributed by atoms with Gasteiger partial charge in [-0.2, -0.15) is 0 Å². The van der Waals surface area contributed by atoms with Gasteiger partial charge in [-0.05, 0) is 32.4 Å². The third kappa shape index (κ3) is 3.00. The molecule has 1 aliphatic rings. The maximum atomic E-state index is 5.90. The van der Waals surface area contributed by atoms with Crippen molar-refractivity contribution in [3.63, 3.8) is 0 Å². The first-order chi connectivity index (χ1) is 9.47. The van der Waals surface area contributed by atoms with E-state index >= 15 is 0 Å². The molecule has 0 amide bonds. The highest BCUT2D eigenvalue weighted by Gasteiger charge is 2.33. The van der Waals surface area contributed by atoms with Gasteiger partial charge in [0.15, 0.2) is 5.13 Å². The van der Waals surface area contributed by atoms with Crippen LogP contribution in [0.1, 0.15) is 43.7 Å². The Morgan fingerprint density at radius 1 is 1.45 bits per heavy atom. The maximum absolute atomic E-state index is 5.90. The van der Waals surface area contributed by atoms with Crippen molar-refractivity contribution in [1.82, 2.24) is 9.88 Å². The molecule has 20 heavy (non-hydrogen) atoms. The average molecular weight is 296 g/mol. The Morgan fingerprint density at radius 2 is 2.15 bits per heavy atom. The summed E-state index contributed by atoms with van der Waals surface area (Å²) in [5.74, 6) is 1.19. The second-order valence-corrected chi connectivity index (χ2v) is 7.29. The molecule has 114 valence electrons. The predicted molar refractivity (Wildman–Crippen MR) is 87.6 cm³/mol. The van der Waals surface area contributed by atoms with Crippen LogP contribution in [-0.4, -0.2) is 43.1 Å². The molecule has 0 bridgehead atoms. The molecule has 5 heteroatoms. The molecule has 3 atom stereocenters. The van der Waals surface area contributed by atoms with Crippen LogP contribution < -0.4 is 10.6 Å². The Hall–Kier alpha value is -0.650. The molecule has 1 saturated heterocycles. The highest BCUT2D eigenvalue weighted by atomic mass is 32.1. The number of likely N-dealkylation sites (N-methyl/N-ethyl adjacent to an activating group) is 1. The highest BCUT2D eigenvalue weighted by Crippen LogP contribution is 2.34. The van der Waals surface area contributed by atoms with Crippen molar-refractivity contribution in [1.29, 1.82) is 0 Å². The van der Waals surface area contributed by atoms with Gasteiger partial charge in [-0.25, -0.2) is 4.98 Å². The molecular weight excluding hydrogens is 268 g/mol. The van der Waals surface area contributed by atoms with E-state index in [-0.39, 0.29) is 0 Å². The van der Waals surface area contributed by atoms with Crippen molar-refractivity contribution in [3.05, 3.63) is 10.6 Å². The molecule has 1 aliphatic heterocycles. The smallest absolute Gasteiger partial charge is 0.185 e. The first-order valence-corrected chi connectivity index (χ1v) is 8.40. The Kier molecular flexibility index (Phi) is 5.04. The van der Waals surface area contributed by atoms with Crippen LogP contribution in [-0.2, 0) is 6.54 Å². The molecular formula is C15H28N4S. The molecule has 2 heterocycles. The molecule has 2 N–H and O–H groups in total. The van der Waals surface area contributed by atoms with Crippen molar-refractivity contribution < 1.29 is 0 Å². The Balaban J connectivity index is 2.20. The number of hydrogen-bond donors (Lipinski definition) is 1.